The van der Waals surface area contributed by atoms with Crippen molar-refractivity contribution in [3.8, 4) is 0 Å². The van der Waals surface area contributed by atoms with Crippen LogP contribution in [0.3, 0.4) is 0 Å². The van der Waals surface area contributed by atoms with E-state index in [0.29, 0.717) is 5.92 Å². The van der Waals surface area contributed by atoms with Crippen LogP contribution < -0.4 is 5.32 Å². The molecule has 0 aromatic carbocycles. The quantitative estimate of drug-likeness (QED) is 0.759. The van der Waals surface area contributed by atoms with Crippen molar-refractivity contribution in [3.63, 3.8) is 0 Å². The van der Waals surface area contributed by atoms with Crippen LogP contribution in [-0.4, -0.2) is 29.9 Å². The maximum absolute atomic E-state index is 4.90. The zero-order chi connectivity index (χ0) is 17.6. The van der Waals surface area contributed by atoms with E-state index < -0.39 is 0 Å². The topological polar surface area (TPSA) is 84.3 Å². The molecule has 3 heterocycles. The van der Waals surface area contributed by atoms with Crippen LogP contribution in [0.2, 0.25) is 0 Å². The van der Waals surface area contributed by atoms with Gasteiger partial charge in [-0.2, -0.15) is 10.2 Å². The van der Waals surface area contributed by atoms with Crippen LogP contribution in [0.4, 0.5) is 5.82 Å². The Hall–Kier alpha value is -2.44. The highest BCUT2D eigenvalue weighted by Gasteiger charge is 2.23. The second-order valence-corrected chi connectivity index (χ2v) is 7.13. The molecule has 0 spiro atoms. The standard InChI is InChI=1S/C18H25N7/c1-10(15-11(2)23-24-12(15)3)20-17-14-9-19-25(4)18(14)22-16(21-17)13-7-5-6-8-13/h9-10,13H,5-8H2,1-4H3,(H,23,24)(H,20,21,22). The average Bonchev–Trinajstić information content (AvgIpc) is 3.30. The summed E-state index contributed by atoms with van der Waals surface area (Å²) in [5.74, 6) is 2.28. The van der Waals surface area contributed by atoms with Crippen molar-refractivity contribution < 1.29 is 0 Å². The summed E-state index contributed by atoms with van der Waals surface area (Å²) in [6.07, 6.45) is 6.74. The molecule has 7 heteroatoms. The zero-order valence-corrected chi connectivity index (χ0v) is 15.3. The molecule has 0 radical (unpaired) electrons. The lowest BCUT2D eigenvalue weighted by molar-refractivity contribution is 0.666. The maximum Gasteiger partial charge on any atom is 0.163 e. The summed E-state index contributed by atoms with van der Waals surface area (Å²) in [6, 6.07) is 0.105. The number of nitrogens with zero attached hydrogens (tertiary/aromatic N) is 5. The number of aryl methyl sites for hydroxylation is 3. The largest absolute Gasteiger partial charge is 0.363 e. The Balaban J connectivity index is 1.75. The molecular weight excluding hydrogens is 314 g/mol. The lowest BCUT2D eigenvalue weighted by Crippen LogP contribution is -2.12. The van der Waals surface area contributed by atoms with E-state index >= 15 is 0 Å². The van der Waals surface area contributed by atoms with Gasteiger partial charge in [0.05, 0.1) is 23.3 Å². The number of H-pyrrole nitrogens is 1. The van der Waals surface area contributed by atoms with Crippen molar-refractivity contribution in [2.45, 2.75) is 58.4 Å². The first-order valence-corrected chi connectivity index (χ1v) is 9.02. The summed E-state index contributed by atoms with van der Waals surface area (Å²) in [5.41, 5.74) is 4.19. The summed E-state index contributed by atoms with van der Waals surface area (Å²) in [7, 11) is 1.94. The normalized spacial score (nSPS) is 16.6. The molecule has 0 saturated heterocycles. The van der Waals surface area contributed by atoms with Crippen LogP contribution in [0.25, 0.3) is 11.0 Å². The molecule has 132 valence electrons. The number of hydrogen-bond acceptors (Lipinski definition) is 5. The molecule has 4 rings (SSSR count). The van der Waals surface area contributed by atoms with E-state index in [1.807, 2.05) is 24.9 Å². The highest BCUT2D eigenvalue weighted by atomic mass is 15.3. The second kappa shape index (κ2) is 6.13. The molecule has 0 bridgehead atoms. The zero-order valence-electron chi connectivity index (χ0n) is 15.3. The Bertz CT molecular complexity index is 882. The van der Waals surface area contributed by atoms with E-state index in [2.05, 4.69) is 34.5 Å². The van der Waals surface area contributed by atoms with Crippen molar-refractivity contribution in [3.05, 3.63) is 29.0 Å². The van der Waals surface area contributed by atoms with E-state index in [1.165, 1.54) is 31.2 Å². The van der Waals surface area contributed by atoms with E-state index in [-0.39, 0.29) is 6.04 Å². The molecule has 1 aliphatic rings. The Morgan fingerprint density at radius 1 is 1.24 bits per heavy atom. The van der Waals surface area contributed by atoms with Crippen molar-refractivity contribution in [2.75, 3.05) is 5.32 Å². The minimum atomic E-state index is 0.105. The molecular formula is C18H25N7. The SMILES string of the molecule is Cc1n[nH]c(C)c1C(C)Nc1nc(C2CCCC2)nc2c1cnn2C. The lowest BCUT2D eigenvalue weighted by atomic mass is 10.1. The highest BCUT2D eigenvalue weighted by Crippen LogP contribution is 2.35. The molecule has 1 unspecified atom stereocenters. The number of hydrogen-bond donors (Lipinski definition) is 2. The van der Waals surface area contributed by atoms with E-state index in [1.54, 1.807) is 0 Å². The smallest absolute Gasteiger partial charge is 0.163 e. The third kappa shape index (κ3) is 2.77. The van der Waals surface area contributed by atoms with Gasteiger partial charge in [-0.15, -0.1) is 0 Å². The van der Waals surface area contributed by atoms with E-state index in [0.717, 1.165) is 34.1 Å². The minimum Gasteiger partial charge on any atom is -0.363 e. The van der Waals surface area contributed by atoms with E-state index in [9.17, 15) is 0 Å². The van der Waals surface area contributed by atoms with E-state index in [4.69, 9.17) is 9.97 Å². The number of fused-ring (bicyclic) bond motifs is 1. The molecule has 3 aromatic rings. The third-order valence-electron chi connectivity index (χ3n) is 5.30. The summed E-state index contributed by atoms with van der Waals surface area (Å²) in [5, 5.41) is 16.3. The fourth-order valence-electron chi connectivity index (χ4n) is 3.99. The van der Waals surface area contributed by atoms with Gasteiger partial charge in [0.2, 0.25) is 0 Å². The molecule has 25 heavy (non-hydrogen) atoms. The molecule has 1 saturated carbocycles. The lowest BCUT2D eigenvalue weighted by Gasteiger charge is -2.17. The van der Waals surface area contributed by atoms with Crippen LogP contribution >= 0.6 is 0 Å². The number of anilines is 1. The predicted molar refractivity (Wildman–Crippen MR) is 97.6 cm³/mol. The Morgan fingerprint density at radius 3 is 2.68 bits per heavy atom. The highest BCUT2D eigenvalue weighted by molar-refractivity contribution is 5.86. The van der Waals surface area contributed by atoms with Crippen LogP contribution in [0, 0.1) is 13.8 Å². The van der Waals surface area contributed by atoms with Gasteiger partial charge in [0.1, 0.15) is 11.6 Å². The predicted octanol–water partition coefficient (Wildman–Crippen LogP) is 3.53. The Kier molecular flexibility index (Phi) is 3.94. The summed E-state index contributed by atoms with van der Waals surface area (Å²) in [6.45, 7) is 6.22. The second-order valence-electron chi connectivity index (χ2n) is 7.13. The Labute approximate surface area is 147 Å². The van der Waals surface area contributed by atoms with Crippen molar-refractivity contribution in [2.24, 2.45) is 7.05 Å². The van der Waals surface area contributed by atoms with Crippen LogP contribution in [0.15, 0.2) is 6.20 Å². The summed E-state index contributed by atoms with van der Waals surface area (Å²) < 4.78 is 1.83. The van der Waals surface area contributed by atoms with Gasteiger partial charge in [-0.25, -0.2) is 9.97 Å². The van der Waals surface area contributed by atoms with Gasteiger partial charge < -0.3 is 5.32 Å². The van der Waals surface area contributed by atoms with Gasteiger partial charge >= 0.3 is 0 Å². The fourth-order valence-corrected chi connectivity index (χ4v) is 3.99. The van der Waals surface area contributed by atoms with Crippen molar-refractivity contribution >= 4 is 16.9 Å². The number of aromatic nitrogens is 6. The molecule has 7 nitrogen and oxygen atoms in total. The third-order valence-corrected chi connectivity index (χ3v) is 5.30. The number of aromatic amines is 1. The summed E-state index contributed by atoms with van der Waals surface area (Å²) in [4.78, 5) is 9.71. The van der Waals surface area contributed by atoms with Crippen molar-refractivity contribution in [1.29, 1.82) is 0 Å². The molecule has 0 amide bonds. The van der Waals surface area contributed by atoms with Gasteiger partial charge in [-0.3, -0.25) is 9.78 Å². The van der Waals surface area contributed by atoms with Crippen LogP contribution in [-0.2, 0) is 7.05 Å². The molecule has 1 atom stereocenters. The average molecular weight is 339 g/mol. The van der Waals surface area contributed by atoms with Gasteiger partial charge in [0.25, 0.3) is 0 Å². The minimum absolute atomic E-state index is 0.105. The summed E-state index contributed by atoms with van der Waals surface area (Å²) >= 11 is 0. The molecule has 3 aromatic heterocycles. The molecule has 2 N–H and O–H groups in total. The number of nitrogens with one attached hydrogen (secondary N) is 2. The van der Waals surface area contributed by atoms with Crippen LogP contribution in [0.5, 0.6) is 0 Å². The maximum atomic E-state index is 4.90. The molecule has 1 aliphatic carbocycles. The fraction of sp³-hybridized carbons (Fsp3) is 0.556. The Morgan fingerprint density at radius 2 is 2.00 bits per heavy atom. The first-order chi connectivity index (χ1) is 12.0. The van der Waals surface area contributed by atoms with Crippen LogP contribution in [0.1, 0.15) is 67.3 Å². The molecule has 0 aliphatic heterocycles. The monoisotopic (exact) mass is 339 g/mol. The van der Waals surface area contributed by atoms with Crippen molar-refractivity contribution in [1.82, 2.24) is 29.9 Å². The first kappa shape index (κ1) is 16.1. The molecule has 1 fully saturated rings. The van der Waals surface area contributed by atoms with Gasteiger partial charge in [-0.05, 0) is 33.6 Å². The van der Waals surface area contributed by atoms with Gasteiger partial charge in [-0.1, -0.05) is 12.8 Å². The van der Waals surface area contributed by atoms with Gasteiger partial charge in [0, 0.05) is 24.2 Å². The van der Waals surface area contributed by atoms with Gasteiger partial charge in [0.15, 0.2) is 5.65 Å². The first-order valence-electron chi connectivity index (χ1n) is 9.02. The number of rotatable bonds is 4.